The van der Waals surface area contributed by atoms with Crippen LogP contribution in [0.15, 0.2) is 28.7 Å². The van der Waals surface area contributed by atoms with E-state index in [-0.39, 0.29) is 0 Å². The van der Waals surface area contributed by atoms with Crippen molar-refractivity contribution in [2.75, 3.05) is 0 Å². The molecule has 5 heteroatoms. The molecule has 0 bridgehead atoms. The van der Waals surface area contributed by atoms with E-state index in [1.54, 1.807) is 0 Å². The lowest BCUT2D eigenvalue weighted by molar-refractivity contribution is 0.637. The second kappa shape index (κ2) is 2.72. The van der Waals surface area contributed by atoms with E-state index < -0.39 is 0 Å². The van der Waals surface area contributed by atoms with Gasteiger partial charge in [-0.2, -0.15) is 0 Å². The van der Waals surface area contributed by atoms with Gasteiger partial charge in [-0.05, 0) is 12.1 Å². The maximum absolute atomic E-state index is 5.74. The average Bonchev–Trinajstić information content (AvgIpc) is 2.75. The van der Waals surface area contributed by atoms with Crippen LogP contribution in [0.4, 0.5) is 0 Å². The highest BCUT2D eigenvalue weighted by Gasteiger charge is 2.11. The van der Waals surface area contributed by atoms with Gasteiger partial charge in [-0.15, -0.1) is 16.7 Å². The van der Waals surface area contributed by atoms with Crippen LogP contribution in [0.25, 0.3) is 16.9 Å². The molecule has 3 rings (SSSR count). The Hall–Kier alpha value is -1.55. The Morgan fingerprint density at radius 2 is 2.14 bits per heavy atom. The Kier molecular flexibility index (Phi) is 1.52. The maximum atomic E-state index is 5.74. The molecule has 3 aromatic rings. The summed E-state index contributed by atoms with van der Waals surface area (Å²) in [4.78, 5) is 0. The van der Waals surface area contributed by atoms with Gasteiger partial charge in [-0.3, -0.25) is 0 Å². The Bertz CT molecular complexity index is 598. The highest BCUT2D eigenvalue weighted by Crippen LogP contribution is 2.20. The smallest absolute Gasteiger partial charge is 0.327 e. The molecule has 0 fully saturated rings. The lowest BCUT2D eigenvalue weighted by Gasteiger charge is -1.90. The summed E-state index contributed by atoms with van der Waals surface area (Å²) in [6.07, 6.45) is 0. The predicted octanol–water partition coefficient (Wildman–Crippen LogP) is 2.21. The topological polar surface area (TPSA) is 43.3 Å². The minimum atomic E-state index is 0.324. The molecule has 70 valence electrons. The van der Waals surface area contributed by atoms with Crippen LogP contribution >= 0.6 is 11.6 Å². The van der Waals surface area contributed by atoms with Crippen LogP contribution in [0.5, 0.6) is 0 Å². The first-order chi connectivity index (χ1) is 6.90. The van der Waals surface area contributed by atoms with Crippen LogP contribution in [-0.2, 0) is 5.88 Å². The van der Waals surface area contributed by atoms with Crippen molar-refractivity contribution in [3.8, 4) is 0 Å². The van der Waals surface area contributed by atoms with E-state index >= 15 is 0 Å². The summed E-state index contributed by atoms with van der Waals surface area (Å²) in [5, 5.41) is 7.80. The van der Waals surface area contributed by atoms with Gasteiger partial charge >= 0.3 is 5.84 Å². The molecule has 4 nitrogen and oxygen atoms in total. The van der Waals surface area contributed by atoms with Crippen molar-refractivity contribution < 1.29 is 4.42 Å². The largest absolute Gasteiger partial charge is 0.422 e. The van der Waals surface area contributed by atoms with Crippen molar-refractivity contribution in [1.29, 1.82) is 0 Å². The first-order valence-electron chi connectivity index (χ1n) is 4.17. The van der Waals surface area contributed by atoms with Crippen LogP contribution in [0, 0.1) is 0 Å². The molecule has 0 radical (unpaired) electrons. The van der Waals surface area contributed by atoms with Gasteiger partial charge in [0.1, 0.15) is 0 Å². The minimum Gasteiger partial charge on any atom is -0.422 e. The van der Waals surface area contributed by atoms with E-state index in [1.165, 1.54) is 0 Å². The molecule has 0 saturated carbocycles. The zero-order valence-electron chi connectivity index (χ0n) is 7.14. The standard InChI is InChI=1S/C9H6ClN3O/c10-5-8-11-12-9-13(8)6-3-1-2-4-7(6)14-9/h1-4H,5H2. The van der Waals surface area contributed by atoms with Gasteiger partial charge < -0.3 is 4.42 Å². The number of benzene rings is 1. The highest BCUT2D eigenvalue weighted by atomic mass is 35.5. The molecule has 0 aliphatic heterocycles. The SMILES string of the molecule is ClCc1nnc2oc3ccccc3n12. The second-order valence-electron chi connectivity index (χ2n) is 2.94. The lowest BCUT2D eigenvalue weighted by Crippen LogP contribution is -1.88. The third kappa shape index (κ3) is 0.886. The second-order valence-corrected chi connectivity index (χ2v) is 3.20. The zero-order chi connectivity index (χ0) is 9.54. The monoisotopic (exact) mass is 207 g/mol. The van der Waals surface area contributed by atoms with Crippen molar-refractivity contribution in [3.63, 3.8) is 0 Å². The molecule has 2 aromatic heterocycles. The number of rotatable bonds is 1. The first kappa shape index (κ1) is 7.82. The lowest BCUT2D eigenvalue weighted by atomic mass is 10.3. The molecule has 0 amide bonds. The van der Waals surface area contributed by atoms with Gasteiger partial charge in [0.25, 0.3) is 0 Å². The normalized spacial score (nSPS) is 11.5. The summed E-state index contributed by atoms with van der Waals surface area (Å²) >= 11 is 5.74. The molecular weight excluding hydrogens is 202 g/mol. The van der Waals surface area contributed by atoms with Crippen molar-refractivity contribution in [2.45, 2.75) is 5.88 Å². The fraction of sp³-hybridized carbons (Fsp3) is 0.111. The molecule has 14 heavy (non-hydrogen) atoms. The number of fused-ring (bicyclic) bond motifs is 3. The van der Waals surface area contributed by atoms with Crippen LogP contribution in [0.2, 0.25) is 0 Å². The van der Waals surface area contributed by atoms with Gasteiger partial charge in [0.05, 0.1) is 11.4 Å². The number of hydrogen-bond acceptors (Lipinski definition) is 3. The van der Waals surface area contributed by atoms with E-state index in [1.807, 2.05) is 28.7 Å². The quantitative estimate of drug-likeness (QED) is 0.575. The van der Waals surface area contributed by atoms with Crippen LogP contribution < -0.4 is 0 Å². The molecule has 0 spiro atoms. The van der Waals surface area contributed by atoms with Gasteiger partial charge in [-0.25, -0.2) is 4.40 Å². The third-order valence-corrected chi connectivity index (χ3v) is 2.37. The van der Waals surface area contributed by atoms with Gasteiger partial charge in [0, 0.05) is 0 Å². The summed E-state index contributed by atoms with van der Waals surface area (Å²) in [5.41, 5.74) is 1.74. The number of nitrogens with zero attached hydrogens (tertiary/aromatic N) is 3. The third-order valence-electron chi connectivity index (χ3n) is 2.13. The zero-order valence-corrected chi connectivity index (χ0v) is 7.90. The number of alkyl halides is 1. The average molecular weight is 208 g/mol. The van der Waals surface area contributed by atoms with Crippen LogP contribution in [-0.4, -0.2) is 14.6 Å². The molecule has 0 atom stereocenters. The minimum absolute atomic E-state index is 0.324. The first-order valence-corrected chi connectivity index (χ1v) is 4.71. The summed E-state index contributed by atoms with van der Waals surface area (Å²) in [6.45, 7) is 0. The molecule has 0 N–H and O–H groups in total. The van der Waals surface area contributed by atoms with E-state index in [0.717, 1.165) is 11.1 Å². The van der Waals surface area contributed by atoms with Crippen molar-refractivity contribution in [3.05, 3.63) is 30.1 Å². The fourth-order valence-electron chi connectivity index (χ4n) is 1.52. The fourth-order valence-corrected chi connectivity index (χ4v) is 1.69. The van der Waals surface area contributed by atoms with Crippen molar-refractivity contribution in [1.82, 2.24) is 14.6 Å². The van der Waals surface area contributed by atoms with Crippen LogP contribution in [0.3, 0.4) is 0 Å². The summed E-state index contributed by atoms with van der Waals surface area (Å²) in [6, 6.07) is 7.70. The Labute approximate surface area is 84.1 Å². The Morgan fingerprint density at radius 3 is 3.00 bits per heavy atom. The highest BCUT2D eigenvalue weighted by molar-refractivity contribution is 6.16. The molecule has 1 aromatic carbocycles. The van der Waals surface area contributed by atoms with E-state index in [0.29, 0.717) is 17.5 Å². The number of halogens is 1. The molecule has 0 aliphatic carbocycles. The summed E-state index contributed by atoms with van der Waals surface area (Å²) in [5.74, 6) is 1.51. The number of aromatic nitrogens is 3. The molecular formula is C9H6ClN3O. The van der Waals surface area contributed by atoms with Gasteiger partial charge in [0.15, 0.2) is 11.4 Å². The predicted molar refractivity (Wildman–Crippen MR) is 52.3 cm³/mol. The summed E-state index contributed by atoms with van der Waals surface area (Å²) < 4.78 is 7.29. The van der Waals surface area contributed by atoms with Crippen molar-refractivity contribution in [2.24, 2.45) is 0 Å². The Balaban J connectivity index is 2.54. The van der Waals surface area contributed by atoms with Gasteiger partial charge in [0.2, 0.25) is 0 Å². The van der Waals surface area contributed by atoms with E-state index in [9.17, 15) is 0 Å². The van der Waals surface area contributed by atoms with E-state index in [4.69, 9.17) is 16.0 Å². The summed E-state index contributed by atoms with van der Waals surface area (Å²) in [7, 11) is 0. The maximum Gasteiger partial charge on any atom is 0.327 e. The number of oxazole rings is 1. The molecule has 0 saturated heterocycles. The van der Waals surface area contributed by atoms with E-state index in [2.05, 4.69) is 10.2 Å². The number of hydrogen-bond donors (Lipinski definition) is 0. The molecule has 0 aliphatic rings. The molecule has 0 unspecified atom stereocenters. The van der Waals surface area contributed by atoms with Crippen LogP contribution in [0.1, 0.15) is 5.82 Å². The molecule has 2 heterocycles. The van der Waals surface area contributed by atoms with Crippen molar-refractivity contribution >= 4 is 28.5 Å². The van der Waals surface area contributed by atoms with Gasteiger partial charge in [-0.1, -0.05) is 17.2 Å². The Morgan fingerprint density at radius 1 is 1.29 bits per heavy atom. The number of para-hydroxylation sites is 2.